The van der Waals surface area contributed by atoms with Gasteiger partial charge in [0.05, 0.1) is 18.7 Å². The first-order valence-corrected chi connectivity index (χ1v) is 10.8. The van der Waals surface area contributed by atoms with Gasteiger partial charge in [-0.15, -0.1) is 0 Å². The lowest BCUT2D eigenvalue weighted by atomic mass is 10.0. The summed E-state index contributed by atoms with van der Waals surface area (Å²) in [5, 5.41) is 0. The van der Waals surface area contributed by atoms with Crippen LogP contribution in [0.25, 0.3) is 11.1 Å². The van der Waals surface area contributed by atoms with Crippen LogP contribution in [0.5, 0.6) is 11.5 Å². The Balaban J connectivity index is 0.000000248. The van der Waals surface area contributed by atoms with Gasteiger partial charge in [-0.2, -0.15) is 30.7 Å². The summed E-state index contributed by atoms with van der Waals surface area (Å²) in [6.07, 6.45) is -13.4. The van der Waals surface area contributed by atoms with Crippen molar-refractivity contribution in [3.8, 4) is 22.6 Å². The van der Waals surface area contributed by atoms with Gasteiger partial charge in [0.1, 0.15) is 24.0 Å². The minimum absolute atomic E-state index is 0.194. The quantitative estimate of drug-likeness (QED) is 0.301. The maximum atomic E-state index is 13.5. The van der Waals surface area contributed by atoms with E-state index >= 15 is 0 Å². The van der Waals surface area contributed by atoms with Crippen LogP contribution in [-0.4, -0.2) is 38.4 Å². The molecule has 3 aromatic rings. The van der Waals surface area contributed by atoms with Crippen molar-refractivity contribution in [3.05, 3.63) is 78.4 Å². The highest BCUT2D eigenvalue weighted by molar-refractivity contribution is 5.79. The molecule has 0 saturated carbocycles. The molecule has 1 aliphatic heterocycles. The molecule has 0 bridgehead atoms. The maximum Gasteiger partial charge on any atom is 0.461 e. The van der Waals surface area contributed by atoms with Crippen LogP contribution in [0.3, 0.4) is 0 Å². The average Bonchev–Trinajstić information content (AvgIpc) is 2.82. The van der Waals surface area contributed by atoms with E-state index in [1.54, 1.807) is 29.2 Å². The third-order valence-corrected chi connectivity index (χ3v) is 5.03. The molecule has 0 N–H and O–H groups in total. The second-order valence-corrected chi connectivity index (χ2v) is 7.79. The zero-order valence-corrected chi connectivity index (χ0v) is 18.9. The Morgan fingerprint density at radius 1 is 0.865 bits per heavy atom. The lowest BCUT2D eigenvalue weighted by Crippen LogP contribution is -2.35. The minimum Gasteiger partial charge on any atom is -0.489 e. The van der Waals surface area contributed by atoms with Crippen molar-refractivity contribution < 1.29 is 49.0 Å². The number of benzene rings is 3. The van der Waals surface area contributed by atoms with Crippen molar-refractivity contribution in [1.29, 1.82) is 0 Å². The Kier molecular flexibility index (Phi) is 8.82. The Labute approximate surface area is 206 Å². The monoisotopic (exact) mass is 537 g/mol. The van der Waals surface area contributed by atoms with Crippen molar-refractivity contribution >= 4 is 5.69 Å². The van der Waals surface area contributed by atoms with Crippen LogP contribution in [0.4, 0.5) is 45.2 Å². The van der Waals surface area contributed by atoms with Gasteiger partial charge in [0.15, 0.2) is 5.75 Å². The first-order valence-electron chi connectivity index (χ1n) is 10.8. The summed E-state index contributed by atoms with van der Waals surface area (Å²) in [6.45, 7) is 0.338. The molecule has 0 atom stereocenters. The number of anilines is 1. The smallest absolute Gasteiger partial charge is 0.461 e. The highest BCUT2D eigenvalue weighted by Gasteiger charge is 2.43. The summed E-state index contributed by atoms with van der Waals surface area (Å²) in [7, 11) is 0. The molecule has 200 valence electrons. The fourth-order valence-electron chi connectivity index (χ4n) is 3.42. The predicted octanol–water partition coefficient (Wildman–Crippen LogP) is 7.71. The van der Waals surface area contributed by atoms with E-state index in [-0.39, 0.29) is 24.5 Å². The lowest BCUT2D eigenvalue weighted by Gasteiger charge is -2.32. The summed E-state index contributed by atoms with van der Waals surface area (Å²) in [5.41, 5.74) is 1.22. The van der Waals surface area contributed by atoms with Crippen LogP contribution in [-0.2, 0) is 0 Å². The Morgan fingerprint density at radius 2 is 1.51 bits per heavy atom. The molecule has 0 spiro atoms. The third kappa shape index (κ3) is 7.96. The van der Waals surface area contributed by atoms with E-state index in [2.05, 4.69) is 4.74 Å². The van der Waals surface area contributed by atoms with E-state index in [4.69, 9.17) is 4.74 Å². The lowest BCUT2D eigenvalue weighted by molar-refractivity contribution is -0.253. The summed E-state index contributed by atoms with van der Waals surface area (Å²) >= 11 is 0. The standard InChI is InChI=1S/C17H14F5NO.C8H6F4O/c18-12-8-11(9-13(19)10-12)14-2-1-3-15-16(14)24-7-6-23(15)5-4-17(20,21)22;9-7(10)8(11,12)13-6-4-2-1-3-5-6/h1-3,8-10H,4-7H2;1-5,7H. The molecule has 37 heavy (non-hydrogen) atoms. The first-order chi connectivity index (χ1) is 17.4. The van der Waals surface area contributed by atoms with Crippen molar-refractivity contribution in [2.45, 2.75) is 25.1 Å². The van der Waals surface area contributed by atoms with E-state index < -0.39 is 36.8 Å². The van der Waals surface area contributed by atoms with Gasteiger partial charge in [-0.05, 0) is 35.9 Å². The van der Waals surface area contributed by atoms with Crippen LogP contribution in [0, 0.1) is 11.6 Å². The molecule has 4 rings (SSSR count). The van der Waals surface area contributed by atoms with Gasteiger partial charge < -0.3 is 14.4 Å². The van der Waals surface area contributed by atoms with Crippen molar-refractivity contribution in [1.82, 2.24) is 0 Å². The van der Waals surface area contributed by atoms with Gasteiger partial charge >= 0.3 is 18.7 Å². The number of fused-ring (bicyclic) bond motifs is 1. The molecule has 0 unspecified atom stereocenters. The number of para-hydroxylation sites is 2. The fourth-order valence-corrected chi connectivity index (χ4v) is 3.42. The minimum atomic E-state index is -4.43. The van der Waals surface area contributed by atoms with Crippen LogP contribution < -0.4 is 14.4 Å². The van der Waals surface area contributed by atoms with Crippen molar-refractivity contribution in [2.24, 2.45) is 0 Å². The van der Waals surface area contributed by atoms with E-state index in [1.807, 2.05) is 0 Å². The molecular formula is C25H20F9NO2. The van der Waals surface area contributed by atoms with Crippen LogP contribution in [0.15, 0.2) is 66.7 Å². The SMILES string of the molecule is FC(F)C(F)(F)Oc1ccccc1.Fc1cc(F)cc(-c2cccc3c2OCCN3CCC(F)(F)F)c1. The zero-order chi connectivity index (χ0) is 27.2. The molecule has 0 aromatic heterocycles. The molecule has 0 fully saturated rings. The average molecular weight is 537 g/mol. The second-order valence-electron chi connectivity index (χ2n) is 7.79. The highest BCUT2D eigenvalue weighted by Crippen LogP contribution is 2.41. The highest BCUT2D eigenvalue weighted by atomic mass is 19.4. The van der Waals surface area contributed by atoms with Gasteiger partial charge in [0.25, 0.3) is 0 Å². The number of hydrogen-bond acceptors (Lipinski definition) is 3. The first kappa shape index (κ1) is 28.0. The van der Waals surface area contributed by atoms with Crippen LogP contribution in [0.1, 0.15) is 6.42 Å². The predicted molar refractivity (Wildman–Crippen MR) is 118 cm³/mol. The number of alkyl halides is 7. The molecular weight excluding hydrogens is 517 g/mol. The van der Waals surface area contributed by atoms with Crippen LogP contribution >= 0.6 is 0 Å². The van der Waals surface area contributed by atoms with E-state index in [9.17, 15) is 39.5 Å². The van der Waals surface area contributed by atoms with Crippen molar-refractivity contribution in [3.63, 3.8) is 0 Å². The Bertz CT molecular complexity index is 1150. The van der Waals surface area contributed by atoms with Gasteiger partial charge in [-0.1, -0.05) is 30.3 Å². The number of halogens is 9. The summed E-state index contributed by atoms with van der Waals surface area (Å²) in [5.74, 6) is -1.40. The number of rotatable bonds is 6. The molecule has 12 heteroatoms. The third-order valence-electron chi connectivity index (χ3n) is 5.03. The van der Waals surface area contributed by atoms with Gasteiger partial charge in [0, 0.05) is 18.2 Å². The number of ether oxygens (including phenoxy) is 2. The van der Waals surface area contributed by atoms with Crippen LogP contribution in [0.2, 0.25) is 0 Å². The van der Waals surface area contributed by atoms with E-state index in [0.717, 1.165) is 18.2 Å². The Hall–Kier alpha value is -3.57. The molecule has 0 saturated heterocycles. The molecule has 3 aromatic carbocycles. The molecule has 0 aliphatic carbocycles. The van der Waals surface area contributed by atoms with Gasteiger partial charge in [0.2, 0.25) is 0 Å². The number of hydrogen-bond donors (Lipinski definition) is 0. The Morgan fingerprint density at radius 3 is 2.11 bits per heavy atom. The summed E-state index contributed by atoms with van der Waals surface area (Å²) < 4.78 is 121. The largest absolute Gasteiger partial charge is 0.489 e. The maximum absolute atomic E-state index is 13.5. The zero-order valence-electron chi connectivity index (χ0n) is 18.9. The summed E-state index contributed by atoms with van der Waals surface area (Å²) in [4.78, 5) is 1.57. The number of nitrogens with zero attached hydrogens (tertiary/aromatic N) is 1. The second kappa shape index (κ2) is 11.7. The normalized spacial score (nSPS) is 13.4. The van der Waals surface area contributed by atoms with E-state index in [0.29, 0.717) is 23.5 Å². The molecule has 3 nitrogen and oxygen atoms in total. The van der Waals surface area contributed by atoms with Gasteiger partial charge in [-0.25, -0.2) is 8.78 Å². The van der Waals surface area contributed by atoms with Crippen molar-refractivity contribution in [2.75, 3.05) is 24.6 Å². The van der Waals surface area contributed by atoms with Gasteiger partial charge in [-0.3, -0.25) is 0 Å². The molecule has 0 radical (unpaired) electrons. The summed E-state index contributed by atoms with van der Waals surface area (Å²) in [6, 6.07) is 14.7. The van der Waals surface area contributed by atoms with E-state index in [1.165, 1.54) is 24.3 Å². The molecule has 0 amide bonds. The topological polar surface area (TPSA) is 21.7 Å². The molecule has 1 aliphatic rings. The molecule has 1 heterocycles. The fraction of sp³-hybridized carbons (Fsp3) is 0.280.